The third-order valence-corrected chi connectivity index (χ3v) is 2.59. The van der Waals surface area contributed by atoms with Crippen LogP contribution in [0.4, 0.5) is 0 Å². The van der Waals surface area contributed by atoms with Gasteiger partial charge >= 0.3 is 0 Å². The lowest BCUT2D eigenvalue weighted by atomic mass is 9.96. The van der Waals surface area contributed by atoms with Crippen LogP contribution in [0.5, 0.6) is 0 Å². The predicted molar refractivity (Wildman–Crippen MR) is 70.1 cm³/mol. The number of carbonyl (C=O) groups excluding carboxylic acids is 1. The Morgan fingerprint density at radius 3 is 2.72 bits per heavy atom. The highest BCUT2D eigenvalue weighted by atomic mass is 16.1. The minimum absolute atomic E-state index is 0.235. The molecule has 0 aromatic carbocycles. The Labute approximate surface area is 108 Å². The fraction of sp³-hybridized carbons (Fsp3) is 0.500. The van der Waals surface area contributed by atoms with Gasteiger partial charge in [0, 0.05) is 12.2 Å². The lowest BCUT2D eigenvalue weighted by Gasteiger charge is -2.15. The maximum Gasteiger partial charge on any atom is 0.269 e. The van der Waals surface area contributed by atoms with Crippen LogP contribution in [-0.2, 0) is 0 Å². The van der Waals surface area contributed by atoms with Crippen molar-refractivity contribution in [3.8, 4) is 6.07 Å². The molecule has 1 aromatic heterocycles. The fourth-order valence-electron chi connectivity index (χ4n) is 1.33. The number of amides is 1. The maximum atomic E-state index is 11.9. The van der Waals surface area contributed by atoms with E-state index in [0.717, 1.165) is 5.69 Å². The van der Waals surface area contributed by atoms with Crippen molar-refractivity contribution in [1.29, 1.82) is 5.26 Å². The van der Waals surface area contributed by atoms with Crippen molar-refractivity contribution in [1.82, 2.24) is 10.3 Å². The molecule has 0 aliphatic heterocycles. The molecule has 0 spiro atoms. The predicted octanol–water partition coefficient (Wildman–Crippen LogP) is 2.48. The number of carbonyl (C=O) groups is 1. The first kappa shape index (κ1) is 14.2. The van der Waals surface area contributed by atoms with Gasteiger partial charge in [0.05, 0.1) is 11.5 Å². The highest BCUT2D eigenvalue weighted by Crippen LogP contribution is 2.13. The summed E-state index contributed by atoms with van der Waals surface area (Å²) in [5, 5.41) is 11.6. The van der Waals surface area contributed by atoms with Crippen molar-refractivity contribution in [2.75, 3.05) is 6.54 Å². The topological polar surface area (TPSA) is 65.8 Å². The molecule has 96 valence electrons. The van der Waals surface area contributed by atoms with Crippen molar-refractivity contribution >= 4 is 5.91 Å². The Hall–Kier alpha value is -1.89. The molecule has 0 bridgehead atoms. The lowest BCUT2D eigenvalue weighted by Crippen LogP contribution is -2.33. The Morgan fingerprint density at radius 2 is 2.17 bits per heavy atom. The molecule has 4 nitrogen and oxygen atoms in total. The molecule has 4 heteroatoms. The zero-order chi connectivity index (χ0) is 13.8. The first-order valence-corrected chi connectivity index (χ1v) is 6.02. The second-order valence-electron chi connectivity index (χ2n) is 5.28. The second kappa shape index (κ2) is 5.63. The monoisotopic (exact) mass is 245 g/mol. The van der Waals surface area contributed by atoms with Gasteiger partial charge in [-0.3, -0.25) is 4.79 Å². The molecule has 1 aromatic rings. The van der Waals surface area contributed by atoms with Crippen LogP contribution >= 0.6 is 0 Å². The van der Waals surface area contributed by atoms with E-state index in [4.69, 9.17) is 5.26 Å². The van der Waals surface area contributed by atoms with Gasteiger partial charge in [-0.05, 0) is 31.9 Å². The highest BCUT2D eigenvalue weighted by molar-refractivity contribution is 5.92. The molecule has 18 heavy (non-hydrogen) atoms. The van der Waals surface area contributed by atoms with Crippen molar-refractivity contribution in [2.24, 2.45) is 5.41 Å². The Kier molecular flexibility index (Phi) is 4.43. The minimum atomic E-state index is -0.564. The van der Waals surface area contributed by atoms with Crippen molar-refractivity contribution in [3.63, 3.8) is 0 Å². The molecule has 0 radical (unpaired) electrons. The molecule has 0 aliphatic carbocycles. The van der Waals surface area contributed by atoms with Gasteiger partial charge in [0.1, 0.15) is 5.69 Å². The average Bonchev–Trinajstić information content (AvgIpc) is 2.36. The number of hydrogen-bond donors (Lipinski definition) is 1. The minimum Gasteiger partial charge on any atom is -0.349 e. The number of aromatic nitrogens is 1. The smallest absolute Gasteiger partial charge is 0.269 e. The van der Waals surface area contributed by atoms with Crippen LogP contribution in [0.3, 0.4) is 0 Å². The molecule has 1 rings (SSSR count). The summed E-state index contributed by atoms with van der Waals surface area (Å²) in [5.41, 5.74) is 0.725. The quantitative estimate of drug-likeness (QED) is 0.886. The summed E-state index contributed by atoms with van der Waals surface area (Å²) in [6.07, 6.45) is 0. The van der Waals surface area contributed by atoms with Gasteiger partial charge in [-0.15, -0.1) is 0 Å². The van der Waals surface area contributed by atoms with Crippen LogP contribution in [0.25, 0.3) is 0 Å². The molecule has 0 saturated heterocycles. The lowest BCUT2D eigenvalue weighted by molar-refractivity contribution is 0.0938. The number of nitriles is 1. The van der Waals surface area contributed by atoms with E-state index in [1.165, 1.54) is 0 Å². The Bertz CT molecular complexity index is 472. The molecule has 0 atom stereocenters. The number of nitrogens with zero attached hydrogens (tertiary/aromatic N) is 2. The van der Waals surface area contributed by atoms with Gasteiger partial charge in [0.2, 0.25) is 0 Å². The summed E-state index contributed by atoms with van der Waals surface area (Å²) >= 11 is 0. The molecule has 0 fully saturated rings. The summed E-state index contributed by atoms with van der Waals surface area (Å²) in [7, 11) is 0. The SMILES string of the molecule is CC(C)c1cccc(C(=O)NCC(C)(C)C#N)n1. The van der Waals surface area contributed by atoms with Gasteiger partial charge in [-0.25, -0.2) is 4.98 Å². The van der Waals surface area contributed by atoms with Gasteiger partial charge in [0.15, 0.2) is 0 Å². The summed E-state index contributed by atoms with van der Waals surface area (Å²) < 4.78 is 0. The summed E-state index contributed by atoms with van der Waals surface area (Å²) in [6, 6.07) is 7.55. The molecule has 1 heterocycles. The first-order valence-electron chi connectivity index (χ1n) is 6.02. The van der Waals surface area contributed by atoms with Crippen molar-refractivity contribution in [3.05, 3.63) is 29.6 Å². The van der Waals surface area contributed by atoms with Crippen molar-refractivity contribution < 1.29 is 4.79 Å². The Morgan fingerprint density at radius 1 is 1.50 bits per heavy atom. The normalized spacial score (nSPS) is 11.1. The average molecular weight is 245 g/mol. The van der Waals surface area contributed by atoms with Gasteiger partial charge in [-0.1, -0.05) is 19.9 Å². The van der Waals surface area contributed by atoms with Gasteiger partial charge < -0.3 is 5.32 Å². The standard InChI is InChI=1S/C14H19N3O/c1-10(2)11-6-5-7-12(17-11)13(18)16-9-14(3,4)8-15/h5-7,10H,9H2,1-4H3,(H,16,18). The molecule has 0 unspecified atom stereocenters. The van der Waals surface area contributed by atoms with E-state index in [1.54, 1.807) is 19.9 Å². The van der Waals surface area contributed by atoms with E-state index in [0.29, 0.717) is 12.2 Å². The fourth-order valence-corrected chi connectivity index (χ4v) is 1.33. The van der Waals surface area contributed by atoms with Gasteiger partial charge in [-0.2, -0.15) is 5.26 Å². The third kappa shape index (κ3) is 3.85. The highest BCUT2D eigenvalue weighted by Gasteiger charge is 2.18. The Balaban J connectivity index is 2.74. The summed E-state index contributed by atoms with van der Waals surface area (Å²) in [5.74, 6) is 0.0501. The number of hydrogen-bond acceptors (Lipinski definition) is 3. The molecule has 0 saturated carbocycles. The van der Waals surface area contributed by atoms with E-state index in [2.05, 4.69) is 16.4 Å². The molecular formula is C14H19N3O. The van der Waals surface area contributed by atoms with Crippen molar-refractivity contribution in [2.45, 2.75) is 33.6 Å². The van der Waals surface area contributed by atoms with Crippen LogP contribution in [0, 0.1) is 16.7 Å². The van der Waals surface area contributed by atoms with E-state index in [1.807, 2.05) is 26.0 Å². The van der Waals surface area contributed by atoms with E-state index < -0.39 is 5.41 Å². The van der Waals surface area contributed by atoms with Crippen LogP contribution in [-0.4, -0.2) is 17.4 Å². The van der Waals surface area contributed by atoms with Crippen LogP contribution in [0.1, 0.15) is 49.8 Å². The van der Waals surface area contributed by atoms with Gasteiger partial charge in [0.25, 0.3) is 5.91 Å². The third-order valence-electron chi connectivity index (χ3n) is 2.59. The van der Waals surface area contributed by atoms with Crippen LogP contribution in [0.2, 0.25) is 0 Å². The van der Waals surface area contributed by atoms with E-state index in [-0.39, 0.29) is 11.8 Å². The second-order valence-corrected chi connectivity index (χ2v) is 5.28. The zero-order valence-corrected chi connectivity index (χ0v) is 11.3. The first-order chi connectivity index (χ1) is 8.35. The zero-order valence-electron chi connectivity index (χ0n) is 11.3. The largest absolute Gasteiger partial charge is 0.349 e. The molecular weight excluding hydrogens is 226 g/mol. The van der Waals surface area contributed by atoms with Crippen LogP contribution < -0.4 is 5.32 Å². The van der Waals surface area contributed by atoms with E-state index >= 15 is 0 Å². The maximum absolute atomic E-state index is 11.9. The van der Waals surface area contributed by atoms with E-state index in [9.17, 15) is 4.79 Å². The summed E-state index contributed by atoms with van der Waals surface area (Å²) in [4.78, 5) is 16.2. The number of nitrogens with one attached hydrogen (secondary N) is 1. The molecule has 0 aliphatic rings. The number of rotatable bonds is 4. The number of pyridine rings is 1. The summed E-state index contributed by atoms with van der Waals surface area (Å²) in [6.45, 7) is 7.94. The molecule has 1 N–H and O–H groups in total. The van der Waals surface area contributed by atoms with Crippen LogP contribution in [0.15, 0.2) is 18.2 Å². The molecule has 1 amide bonds.